The highest BCUT2D eigenvalue weighted by Crippen LogP contribution is 2.45. The van der Waals surface area contributed by atoms with Crippen LogP contribution in [-0.2, 0) is 5.04 Å². The van der Waals surface area contributed by atoms with Crippen LogP contribution < -0.4 is 26.2 Å². The summed E-state index contributed by atoms with van der Waals surface area (Å²) in [5.74, 6) is 1.33. The monoisotopic (exact) mass is 750 g/mol. The Morgan fingerprint density at radius 1 is 0.611 bits per heavy atom. The molecule has 0 spiro atoms. The van der Waals surface area contributed by atoms with Crippen LogP contribution in [0.15, 0.2) is 168 Å². The van der Waals surface area contributed by atoms with Crippen LogP contribution in [0.5, 0.6) is 0 Å². The summed E-state index contributed by atoms with van der Waals surface area (Å²) in [5, 5.41) is 5.19. The number of nitrogens with zero attached hydrogens (tertiary/aromatic N) is 6. The Morgan fingerprint density at radius 3 is 1.98 bits per heavy atom. The lowest BCUT2D eigenvalue weighted by atomic mass is 10.0. The van der Waals surface area contributed by atoms with Gasteiger partial charge >= 0.3 is 0 Å². The molecule has 0 saturated carbocycles. The van der Waals surface area contributed by atoms with E-state index in [-0.39, 0.29) is 5.04 Å². The van der Waals surface area contributed by atoms with Crippen molar-refractivity contribution in [1.29, 1.82) is 0 Å². The number of imidazole rings is 2. The van der Waals surface area contributed by atoms with Gasteiger partial charge in [0.05, 0.1) is 30.1 Å². The van der Waals surface area contributed by atoms with Crippen LogP contribution >= 0.6 is 11.8 Å². The number of hydrogen-bond acceptors (Lipinski definition) is 5. The van der Waals surface area contributed by atoms with Crippen molar-refractivity contribution in [1.82, 2.24) is 28.9 Å². The Balaban J connectivity index is 1.32. The fourth-order valence-corrected chi connectivity index (χ4v) is 18.6. The van der Waals surface area contributed by atoms with E-state index in [1.807, 2.05) is 17.8 Å². The highest BCUT2D eigenvalue weighted by atomic mass is 32.2. The average Bonchev–Trinajstić information content (AvgIpc) is 3.72. The van der Waals surface area contributed by atoms with E-state index in [1.54, 1.807) is 6.33 Å². The maximum Gasteiger partial charge on any atom is 0.239 e. The van der Waals surface area contributed by atoms with Crippen molar-refractivity contribution in [2.75, 3.05) is 0 Å². The van der Waals surface area contributed by atoms with E-state index in [2.05, 4.69) is 182 Å². The zero-order valence-electron chi connectivity index (χ0n) is 30.6. The molecule has 6 nitrogen and oxygen atoms in total. The number of benzene rings is 6. The van der Waals surface area contributed by atoms with Crippen molar-refractivity contribution in [2.24, 2.45) is 0 Å². The highest BCUT2D eigenvalue weighted by molar-refractivity contribution is 8.00. The van der Waals surface area contributed by atoms with Gasteiger partial charge in [-0.1, -0.05) is 160 Å². The van der Waals surface area contributed by atoms with Crippen molar-refractivity contribution in [3.8, 4) is 5.95 Å². The van der Waals surface area contributed by atoms with Crippen LogP contribution in [0.1, 0.15) is 19.4 Å². The van der Waals surface area contributed by atoms with Gasteiger partial charge in [0.2, 0.25) is 19.8 Å². The smallest absolute Gasteiger partial charge is 0.239 e. The molecule has 9 aromatic rings. The molecule has 4 heterocycles. The summed E-state index contributed by atoms with van der Waals surface area (Å²) in [7, 11) is -5.28. The molecule has 0 saturated heterocycles. The first-order valence-electron chi connectivity index (χ1n) is 18.4. The van der Waals surface area contributed by atoms with Crippen molar-refractivity contribution in [3.05, 3.63) is 164 Å². The average molecular weight is 751 g/mol. The molecule has 10 rings (SSSR count). The Hall–Kier alpha value is -5.62. The van der Waals surface area contributed by atoms with E-state index in [1.165, 1.54) is 36.1 Å². The Bertz CT molecular complexity index is 2840. The van der Waals surface area contributed by atoms with Gasteiger partial charge in [-0.3, -0.25) is 4.40 Å². The molecule has 0 amide bonds. The number of para-hydroxylation sites is 4. The maximum absolute atomic E-state index is 5.62. The topological polar surface area (TPSA) is 60.9 Å². The van der Waals surface area contributed by atoms with Gasteiger partial charge in [-0.25, -0.2) is 24.5 Å². The third kappa shape index (κ3) is 4.58. The standard InChI is InChI=1S/C45H38N6SSi2/c1-45(2)33-22-17-29-40(41(33)52-38-27-15-16-28-39(38)53(45,3)4)54(31-18-7-5-8-19-31,32-20-9-6-10-21-32)43-47-30-46-42(49-43)51-37-26-14-13-25-36(37)50-35-24-12-11-23-34(35)48-44(50)51/h5-30H,1-4H3. The molecule has 0 fully saturated rings. The minimum absolute atomic E-state index is 0.0614. The molecule has 262 valence electrons. The summed E-state index contributed by atoms with van der Waals surface area (Å²) in [4.78, 5) is 23.6. The van der Waals surface area contributed by atoms with Gasteiger partial charge in [0.1, 0.15) is 11.8 Å². The van der Waals surface area contributed by atoms with E-state index in [0.717, 1.165) is 33.3 Å². The molecular weight excluding hydrogens is 713 g/mol. The van der Waals surface area contributed by atoms with Gasteiger partial charge in [-0.2, -0.15) is 0 Å². The Kier molecular flexibility index (Phi) is 7.46. The molecule has 1 aliphatic rings. The number of hydrogen-bond donors (Lipinski definition) is 0. The van der Waals surface area contributed by atoms with Gasteiger partial charge in [0.15, 0.2) is 0 Å². The van der Waals surface area contributed by atoms with Crippen molar-refractivity contribution in [3.63, 3.8) is 0 Å². The molecule has 0 N–H and O–H groups in total. The van der Waals surface area contributed by atoms with Crippen LogP contribution in [0, 0.1) is 0 Å². The van der Waals surface area contributed by atoms with E-state index in [4.69, 9.17) is 19.9 Å². The van der Waals surface area contributed by atoms with Crippen LogP contribution in [0.4, 0.5) is 0 Å². The lowest BCUT2D eigenvalue weighted by Crippen LogP contribution is -2.77. The Labute approximate surface area is 320 Å². The van der Waals surface area contributed by atoms with Crippen LogP contribution in [0.3, 0.4) is 0 Å². The van der Waals surface area contributed by atoms with Gasteiger partial charge < -0.3 is 0 Å². The molecule has 3 aromatic heterocycles. The van der Waals surface area contributed by atoms with Crippen LogP contribution in [0.2, 0.25) is 13.1 Å². The lowest BCUT2D eigenvalue weighted by molar-refractivity contribution is 0.711. The van der Waals surface area contributed by atoms with Crippen LogP contribution in [0.25, 0.3) is 33.8 Å². The molecule has 0 bridgehead atoms. The second-order valence-corrected chi connectivity index (χ2v) is 24.9. The molecule has 6 aromatic carbocycles. The minimum Gasteiger partial charge on any atom is -0.276 e. The summed E-state index contributed by atoms with van der Waals surface area (Å²) >= 11 is 1.93. The largest absolute Gasteiger partial charge is 0.276 e. The zero-order chi connectivity index (χ0) is 36.7. The third-order valence-corrected chi connectivity index (χ3v) is 23.3. The maximum atomic E-state index is 5.62. The summed E-state index contributed by atoms with van der Waals surface area (Å²) < 4.78 is 4.31. The van der Waals surface area contributed by atoms with Crippen LogP contribution in [-0.4, -0.2) is 45.1 Å². The quantitative estimate of drug-likeness (QED) is 0.142. The first-order valence-corrected chi connectivity index (χ1v) is 24.2. The molecule has 0 radical (unpaired) electrons. The third-order valence-electron chi connectivity index (χ3n) is 12.0. The SMILES string of the molecule is CC1(C)c2cccc([Si](c3ccccc3)(c3ccccc3)c3ncnc(-n4c5ccccc5n5c6ccccc6nc45)n3)c2Sc2ccccc2[Si]1(C)C. The summed E-state index contributed by atoms with van der Waals surface area (Å²) in [5.41, 5.74) is 6.21. The molecule has 9 heteroatoms. The lowest BCUT2D eigenvalue weighted by Gasteiger charge is -2.41. The number of fused-ring (bicyclic) bond motifs is 7. The van der Waals surface area contributed by atoms with Gasteiger partial charge in [-0.15, -0.1) is 0 Å². The number of aromatic nitrogens is 6. The molecule has 0 atom stereocenters. The van der Waals surface area contributed by atoms with Gasteiger partial charge in [-0.05, 0) is 61.7 Å². The van der Waals surface area contributed by atoms with Gasteiger partial charge in [0, 0.05) is 9.79 Å². The summed E-state index contributed by atoms with van der Waals surface area (Å²) in [6.07, 6.45) is 1.71. The molecular formula is C45H38N6SSi2. The highest BCUT2D eigenvalue weighted by Gasteiger charge is 2.51. The van der Waals surface area contributed by atoms with Crippen molar-refractivity contribution in [2.45, 2.75) is 41.8 Å². The zero-order valence-corrected chi connectivity index (χ0v) is 33.4. The van der Waals surface area contributed by atoms with Gasteiger partial charge in [0.25, 0.3) is 0 Å². The van der Waals surface area contributed by atoms with E-state index < -0.39 is 16.1 Å². The first kappa shape index (κ1) is 33.0. The second-order valence-electron chi connectivity index (χ2n) is 15.2. The normalized spacial score (nSPS) is 14.9. The van der Waals surface area contributed by atoms with E-state index in [9.17, 15) is 0 Å². The van der Waals surface area contributed by atoms with Crippen molar-refractivity contribution < 1.29 is 0 Å². The predicted molar refractivity (Wildman–Crippen MR) is 227 cm³/mol. The Morgan fingerprint density at radius 2 is 1.24 bits per heavy atom. The molecule has 54 heavy (non-hydrogen) atoms. The van der Waals surface area contributed by atoms with E-state index >= 15 is 0 Å². The molecule has 1 aliphatic heterocycles. The van der Waals surface area contributed by atoms with E-state index in [0.29, 0.717) is 5.95 Å². The molecule has 0 aliphatic carbocycles. The second kappa shape index (κ2) is 12.2. The fourth-order valence-electron chi connectivity index (χ4n) is 8.65. The van der Waals surface area contributed by atoms with Crippen molar-refractivity contribution >= 4 is 81.9 Å². The minimum atomic E-state index is -3.25. The molecule has 0 unspecified atom stereocenters. The predicted octanol–water partition coefficient (Wildman–Crippen LogP) is 6.89. The summed E-state index contributed by atoms with van der Waals surface area (Å²) in [6, 6.07) is 54.8. The number of rotatable bonds is 5. The summed E-state index contributed by atoms with van der Waals surface area (Å²) in [6.45, 7) is 10.0. The fraction of sp³-hybridized carbons (Fsp3) is 0.111. The first-order chi connectivity index (χ1) is 26.3.